The van der Waals surface area contributed by atoms with Crippen molar-refractivity contribution in [3.8, 4) is 0 Å². The highest BCUT2D eigenvalue weighted by Gasteiger charge is 2.61. The molecular weight excluding hydrogens is 180 g/mol. The number of ether oxygens (including phenoxy) is 2. The van der Waals surface area contributed by atoms with Crippen LogP contribution >= 0.6 is 0 Å². The summed E-state index contributed by atoms with van der Waals surface area (Å²) < 4.78 is 10.9. The zero-order valence-corrected chi connectivity index (χ0v) is 8.44. The van der Waals surface area contributed by atoms with Crippen LogP contribution in [0.4, 0.5) is 0 Å². The molecule has 1 aliphatic heterocycles. The molecule has 0 spiro atoms. The van der Waals surface area contributed by atoms with Gasteiger partial charge in [-0.15, -0.1) is 0 Å². The van der Waals surface area contributed by atoms with Crippen LogP contribution in [0, 0.1) is 23.7 Å². The Hall–Kier alpha value is -0.570. The minimum Gasteiger partial charge on any atom is -0.461 e. The van der Waals surface area contributed by atoms with E-state index in [1.807, 2.05) is 6.92 Å². The van der Waals surface area contributed by atoms with Gasteiger partial charge in [0, 0.05) is 18.4 Å². The molecule has 0 radical (unpaired) electrons. The summed E-state index contributed by atoms with van der Waals surface area (Å²) in [6.07, 6.45) is 2.44. The number of fused-ring (bicyclic) bond motifs is 1. The van der Waals surface area contributed by atoms with Crippen molar-refractivity contribution in [1.82, 2.24) is 0 Å². The monoisotopic (exact) mass is 196 g/mol. The first-order chi connectivity index (χ1) is 6.81. The van der Waals surface area contributed by atoms with E-state index < -0.39 is 0 Å². The molecule has 2 bridgehead atoms. The van der Waals surface area contributed by atoms with Crippen LogP contribution < -0.4 is 0 Å². The predicted molar refractivity (Wildman–Crippen MR) is 49.6 cm³/mol. The number of hydrogen-bond acceptors (Lipinski definition) is 3. The van der Waals surface area contributed by atoms with E-state index >= 15 is 0 Å². The SMILES string of the molecule is CCOCC1C2CC3C1OC(=O)[C@@H]3C2. The van der Waals surface area contributed by atoms with Gasteiger partial charge in [-0.2, -0.15) is 0 Å². The van der Waals surface area contributed by atoms with Gasteiger partial charge < -0.3 is 9.47 Å². The maximum Gasteiger partial charge on any atom is 0.309 e. The number of rotatable bonds is 3. The first-order valence-electron chi connectivity index (χ1n) is 5.59. The molecule has 2 aliphatic carbocycles. The molecule has 1 heterocycles. The Morgan fingerprint density at radius 3 is 3.14 bits per heavy atom. The van der Waals surface area contributed by atoms with Crippen molar-refractivity contribution in [2.75, 3.05) is 13.2 Å². The normalized spacial score (nSPS) is 48.6. The molecule has 0 aromatic carbocycles. The van der Waals surface area contributed by atoms with Gasteiger partial charge in [-0.25, -0.2) is 0 Å². The van der Waals surface area contributed by atoms with E-state index in [1.165, 1.54) is 6.42 Å². The van der Waals surface area contributed by atoms with Gasteiger partial charge in [0.1, 0.15) is 6.10 Å². The lowest BCUT2D eigenvalue weighted by Crippen LogP contribution is -2.30. The maximum atomic E-state index is 11.4. The molecule has 4 unspecified atom stereocenters. The number of esters is 1. The Balaban J connectivity index is 1.75. The lowest BCUT2D eigenvalue weighted by Gasteiger charge is -2.24. The Labute approximate surface area is 83.8 Å². The van der Waals surface area contributed by atoms with Gasteiger partial charge in [-0.1, -0.05) is 0 Å². The van der Waals surface area contributed by atoms with Crippen molar-refractivity contribution in [1.29, 1.82) is 0 Å². The molecule has 14 heavy (non-hydrogen) atoms. The Bertz CT molecular complexity index is 263. The maximum absolute atomic E-state index is 11.4. The summed E-state index contributed by atoms with van der Waals surface area (Å²) in [5.74, 6) is 2.00. The van der Waals surface area contributed by atoms with Crippen molar-refractivity contribution >= 4 is 5.97 Å². The molecule has 3 aliphatic rings. The van der Waals surface area contributed by atoms with Crippen molar-refractivity contribution in [3.05, 3.63) is 0 Å². The van der Waals surface area contributed by atoms with Crippen molar-refractivity contribution < 1.29 is 14.3 Å². The van der Waals surface area contributed by atoms with Crippen molar-refractivity contribution in [2.45, 2.75) is 25.9 Å². The molecule has 3 fully saturated rings. The van der Waals surface area contributed by atoms with Crippen LogP contribution in [0.25, 0.3) is 0 Å². The fourth-order valence-corrected chi connectivity index (χ4v) is 3.56. The van der Waals surface area contributed by atoms with Gasteiger partial charge >= 0.3 is 5.97 Å². The van der Waals surface area contributed by atoms with Gasteiger partial charge in [0.15, 0.2) is 0 Å². The molecule has 0 aromatic heterocycles. The Morgan fingerprint density at radius 1 is 1.50 bits per heavy atom. The van der Waals surface area contributed by atoms with E-state index in [4.69, 9.17) is 9.47 Å². The minimum atomic E-state index is 0.0569. The first-order valence-corrected chi connectivity index (χ1v) is 5.59. The van der Waals surface area contributed by atoms with E-state index in [1.54, 1.807) is 0 Å². The summed E-state index contributed by atoms with van der Waals surface area (Å²) in [5, 5.41) is 0. The smallest absolute Gasteiger partial charge is 0.309 e. The molecule has 0 amide bonds. The van der Waals surface area contributed by atoms with Crippen LogP contribution in [0.5, 0.6) is 0 Å². The predicted octanol–water partition coefficient (Wildman–Crippen LogP) is 1.22. The number of hydrogen-bond donors (Lipinski definition) is 0. The topological polar surface area (TPSA) is 35.5 Å². The average Bonchev–Trinajstić information content (AvgIpc) is 2.76. The molecule has 2 saturated carbocycles. The van der Waals surface area contributed by atoms with Crippen LogP contribution in [0.1, 0.15) is 19.8 Å². The standard InChI is InChI=1S/C11H16O3/c1-2-13-5-9-6-3-7-8(4-6)11(12)14-10(7)9/h6-10H,2-5H2,1H3/t6?,7?,8-,9?,10?/m1/s1. The summed E-state index contributed by atoms with van der Waals surface area (Å²) in [5.41, 5.74) is 0. The molecular formula is C11H16O3. The zero-order valence-electron chi connectivity index (χ0n) is 8.44. The van der Waals surface area contributed by atoms with E-state index in [9.17, 15) is 4.79 Å². The van der Waals surface area contributed by atoms with Crippen molar-refractivity contribution in [3.63, 3.8) is 0 Å². The minimum absolute atomic E-state index is 0.0569. The highest BCUT2D eigenvalue weighted by atomic mass is 16.6. The van der Waals surface area contributed by atoms with E-state index in [-0.39, 0.29) is 18.0 Å². The van der Waals surface area contributed by atoms with Gasteiger partial charge in [0.2, 0.25) is 0 Å². The summed E-state index contributed by atoms with van der Waals surface area (Å²) >= 11 is 0. The van der Waals surface area contributed by atoms with Crippen LogP contribution in [-0.2, 0) is 14.3 Å². The first kappa shape index (κ1) is 8.72. The molecule has 3 heteroatoms. The molecule has 3 rings (SSSR count). The average molecular weight is 196 g/mol. The number of carbonyl (C=O) groups is 1. The molecule has 78 valence electrons. The third-order valence-electron chi connectivity index (χ3n) is 4.17. The summed E-state index contributed by atoms with van der Waals surface area (Å²) in [4.78, 5) is 11.4. The fourth-order valence-electron chi connectivity index (χ4n) is 3.56. The van der Waals surface area contributed by atoms with E-state index in [0.29, 0.717) is 17.8 Å². The Kier molecular flexibility index (Phi) is 1.84. The molecule has 5 atom stereocenters. The largest absolute Gasteiger partial charge is 0.461 e. The summed E-state index contributed by atoms with van der Waals surface area (Å²) in [6, 6.07) is 0. The van der Waals surface area contributed by atoms with Crippen LogP contribution in [-0.4, -0.2) is 25.3 Å². The zero-order chi connectivity index (χ0) is 9.71. The quantitative estimate of drug-likeness (QED) is 0.637. The van der Waals surface area contributed by atoms with Gasteiger partial charge in [-0.3, -0.25) is 4.79 Å². The highest BCUT2D eigenvalue weighted by Crippen LogP contribution is 2.57. The highest BCUT2D eigenvalue weighted by molar-refractivity contribution is 5.76. The fraction of sp³-hybridized carbons (Fsp3) is 0.909. The third kappa shape index (κ3) is 0.991. The van der Waals surface area contributed by atoms with Crippen molar-refractivity contribution in [2.24, 2.45) is 23.7 Å². The lowest BCUT2D eigenvalue weighted by molar-refractivity contribution is -0.144. The second kappa shape index (κ2) is 2.96. The lowest BCUT2D eigenvalue weighted by atomic mass is 9.83. The molecule has 0 N–H and O–H groups in total. The Morgan fingerprint density at radius 2 is 2.36 bits per heavy atom. The van der Waals surface area contributed by atoms with Gasteiger partial charge in [-0.05, 0) is 25.7 Å². The molecule has 0 aromatic rings. The van der Waals surface area contributed by atoms with Gasteiger partial charge in [0.05, 0.1) is 12.5 Å². The van der Waals surface area contributed by atoms with Crippen LogP contribution in [0.3, 0.4) is 0 Å². The third-order valence-corrected chi connectivity index (χ3v) is 4.17. The number of carbonyl (C=O) groups excluding carboxylic acids is 1. The second-order valence-electron chi connectivity index (χ2n) is 4.73. The summed E-state index contributed by atoms with van der Waals surface area (Å²) in [7, 11) is 0. The van der Waals surface area contributed by atoms with Crippen LogP contribution in [0.2, 0.25) is 0 Å². The molecule has 3 nitrogen and oxygen atoms in total. The molecule has 1 saturated heterocycles. The second-order valence-corrected chi connectivity index (χ2v) is 4.73. The van der Waals surface area contributed by atoms with E-state index in [0.717, 1.165) is 19.6 Å². The van der Waals surface area contributed by atoms with Gasteiger partial charge in [0.25, 0.3) is 0 Å². The summed E-state index contributed by atoms with van der Waals surface area (Å²) in [6.45, 7) is 3.55. The van der Waals surface area contributed by atoms with Crippen LogP contribution in [0.15, 0.2) is 0 Å². The van der Waals surface area contributed by atoms with E-state index in [2.05, 4.69) is 0 Å².